The van der Waals surface area contributed by atoms with Gasteiger partial charge in [-0.25, -0.2) is 9.97 Å². The summed E-state index contributed by atoms with van der Waals surface area (Å²) in [6, 6.07) is 5.34. The second-order valence-corrected chi connectivity index (χ2v) is 6.46. The normalized spacial score (nSPS) is 11.0. The molecule has 124 valence electrons. The first-order valence-electron chi connectivity index (χ1n) is 7.05. The summed E-state index contributed by atoms with van der Waals surface area (Å²) in [6.07, 6.45) is 1.33. The number of nitrogens with zero attached hydrogens (tertiary/aromatic N) is 3. The van der Waals surface area contributed by atoms with Crippen LogP contribution in [0.3, 0.4) is 0 Å². The molecule has 0 radical (unpaired) electrons. The summed E-state index contributed by atoms with van der Waals surface area (Å²) in [6.45, 7) is 1.84. The van der Waals surface area contributed by atoms with Gasteiger partial charge in [0.1, 0.15) is 0 Å². The lowest BCUT2D eigenvalue weighted by atomic mass is 10.2. The van der Waals surface area contributed by atoms with E-state index in [9.17, 15) is 9.59 Å². The molecule has 0 aliphatic heterocycles. The van der Waals surface area contributed by atoms with Crippen molar-refractivity contribution in [1.29, 1.82) is 0 Å². The van der Waals surface area contributed by atoms with Crippen LogP contribution in [0.25, 0.3) is 11.2 Å². The number of anilines is 1. The number of benzene rings is 1. The number of hydrogen-bond acceptors (Lipinski definition) is 5. The van der Waals surface area contributed by atoms with Crippen molar-refractivity contribution in [1.82, 2.24) is 19.5 Å². The summed E-state index contributed by atoms with van der Waals surface area (Å²) >= 11 is 7.27. The molecular weight excluding hydrogens is 350 g/mol. The van der Waals surface area contributed by atoms with Crippen LogP contribution in [-0.2, 0) is 11.8 Å². The first-order chi connectivity index (χ1) is 11.5. The predicted octanol–water partition coefficient (Wildman–Crippen LogP) is 2.35. The van der Waals surface area contributed by atoms with E-state index in [1.165, 1.54) is 18.1 Å². The number of hydrogen-bond donors (Lipinski definition) is 2. The third-order valence-electron chi connectivity index (χ3n) is 3.50. The van der Waals surface area contributed by atoms with Crippen LogP contribution in [0.2, 0.25) is 5.02 Å². The predicted molar refractivity (Wildman–Crippen MR) is 94.7 cm³/mol. The molecule has 0 aliphatic rings. The molecule has 0 bridgehead atoms. The zero-order valence-corrected chi connectivity index (χ0v) is 14.5. The smallest absolute Gasteiger partial charge is 0.278 e. The number of aromatic amines is 1. The van der Waals surface area contributed by atoms with Gasteiger partial charge in [-0.05, 0) is 24.6 Å². The Balaban J connectivity index is 1.73. The van der Waals surface area contributed by atoms with Crippen molar-refractivity contribution in [2.24, 2.45) is 7.05 Å². The molecule has 24 heavy (non-hydrogen) atoms. The third kappa shape index (κ3) is 3.15. The van der Waals surface area contributed by atoms with Gasteiger partial charge in [0.05, 0.1) is 12.1 Å². The first-order valence-corrected chi connectivity index (χ1v) is 8.41. The molecule has 0 saturated carbocycles. The van der Waals surface area contributed by atoms with Crippen molar-refractivity contribution in [3.8, 4) is 0 Å². The maximum Gasteiger partial charge on any atom is 0.278 e. The Morgan fingerprint density at radius 1 is 1.46 bits per heavy atom. The van der Waals surface area contributed by atoms with Crippen LogP contribution < -0.4 is 10.9 Å². The van der Waals surface area contributed by atoms with Crippen molar-refractivity contribution in [2.45, 2.75) is 12.1 Å². The van der Waals surface area contributed by atoms with Gasteiger partial charge in [-0.1, -0.05) is 29.4 Å². The fourth-order valence-electron chi connectivity index (χ4n) is 2.18. The minimum atomic E-state index is -0.304. The van der Waals surface area contributed by atoms with Crippen LogP contribution in [0.1, 0.15) is 5.56 Å². The Hall–Kier alpha value is -2.32. The minimum absolute atomic E-state index is 0.154. The van der Waals surface area contributed by atoms with E-state index in [0.717, 1.165) is 5.56 Å². The highest BCUT2D eigenvalue weighted by molar-refractivity contribution is 7.99. The van der Waals surface area contributed by atoms with Crippen molar-refractivity contribution >= 4 is 46.1 Å². The molecule has 0 fully saturated rings. The van der Waals surface area contributed by atoms with Crippen LogP contribution >= 0.6 is 23.4 Å². The van der Waals surface area contributed by atoms with Crippen molar-refractivity contribution in [3.05, 3.63) is 45.5 Å². The number of carbonyl (C=O) groups excluding carboxylic acids is 1. The Kier molecular flexibility index (Phi) is 4.59. The van der Waals surface area contributed by atoms with Gasteiger partial charge in [-0.2, -0.15) is 0 Å². The average molecular weight is 364 g/mol. The molecular formula is C15H14ClN5O2S. The lowest BCUT2D eigenvalue weighted by molar-refractivity contribution is -0.113. The molecule has 3 aromatic rings. The van der Waals surface area contributed by atoms with E-state index in [0.29, 0.717) is 21.5 Å². The van der Waals surface area contributed by atoms with Crippen LogP contribution in [0.5, 0.6) is 0 Å². The maximum atomic E-state index is 12.1. The topological polar surface area (TPSA) is 92.7 Å². The number of aromatic nitrogens is 4. The molecule has 0 unspecified atom stereocenters. The molecule has 1 aromatic carbocycles. The number of thioether (sulfide) groups is 1. The minimum Gasteiger partial charge on any atom is -0.325 e. The summed E-state index contributed by atoms with van der Waals surface area (Å²) in [5.41, 5.74) is 1.93. The summed E-state index contributed by atoms with van der Waals surface area (Å²) in [7, 11) is 1.75. The number of nitrogens with one attached hydrogen (secondary N) is 2. The Labute approximate surface area is 146 Å². The van der Waals surface area contributed by atoms with E-state index in [-0.39, 0.29) is 22.7 Å². The van der Waals surface area contributed by atoms with Crippen molar-refractivity contribution in [2.75, 3.05) is 11.1 Å². The Bertz CT molecular complexity index is 982. The number of halogens is 1. The summed E-state index contributed by atoms with van der Waals surface area (Å²) in [5.74, 6) is -0.0274. The van der Waals surface area contributed by atoms with Gasteiger partial charge in [0.15, 0.2) is 16.3 Å². The van der Waals surface area contributed by atoms with Gasteiger partial charge >= 0.3 is 0 Å². The van der Waals surface area contributed by atoms with E-state index < -0.39 is 0 Å². The number of amides is 1. The van der Waals surface area contributed by atoms with Gasteiger partial charge in [0.25, 0.3) is 5.56 Å². The summed E-state index contributed by atoms with van der Waals surface area (Å²) in [4.78, 5) is 34.7. The Morgan fingerprint density at radius 3 is 3.00 bits per heavy atom. The van der Waals surface area contributed by atoms with Crippen LogP contribution in [0.4, 0.5) is 5.69 Å². The monoisotopic (exact) mass is 363 g/mol. The maximum absolute atomic E-state index is 12.1. The standard InChI is InChI=1S/C15H14ClN5O2S/c1-8-9(16)4-3-5-10(8)19-11(22)6-24-15-20-12-13(21(15)2)17-7-18-14(12)23/h3-5,7H,6H2,1-2H3,(H,19,22)(H,17,18,23). The molecule has 0 saturated heterocycles. The third-order valence-corrected chi connectivity index (χ3v) is 4.93. The van der Waals surface area contributed by atoms with Gasteiger partial charge in [-0.15, -0.1) is 0 Å². The number of carbonyl (C=O) groups is 1. The molecule has 2 heterocycles. The summed E-state index contributed by atoms with van der Waals surface area (Å²) < 4.78 is 1.69. The van der Waals surface area contributed by atoms with Crippen LogP contribution in [0, 0.1) is 6.92 Å². The van der Waals surface area contributed by atoms with E-state index in [4.69, 9.17) is 11.6 Å². The van der Waals surface area contributed by atoms with E-state index in [1.807, 2.05) is 6.92 Å². The second-order valence-electron chi connectivity index (χ2n) is 5.11. The van der Waals surface area contributed by atoms with Gasteiger partial charge in [0.2, 0.25) is 5.91 Å². The molecule has 0 aliphatic carbocycles. The number of aryl methyl sites for hydroxylation is 1. The lowest BCUT2D eigenvalue weighted by Gasteiger charge is -2.09. The average Bonchev–Trinajstić information content (AvgIpc) is 2.88. The van der Waals surface area contributed by atoms with Gasteiger partial charge in [0, 0.05) is 17.8 Å². The highest BCUT2D eigenvalue weighted by Crippen LogP contribution is 2.24. The zero-order chi connectivity index (χ0) is 17.3. The lowest BCUT2D eigenvalue weighted by Crippen LogP contribution is -2.15. The van der Waals surface area contributed by atoms with Crippen LogP contribution in [0.15, 0.2) is 34.5 Å². The van der Waals surface area contributed by atoms with Crippen LogP contribution in [-0.4, -0.2) is 31.2 Å². The number of H-pyrrole nitrogens is 1. The van der Waals surface area contributed by atoms with E-state index in [2.05, 4.69) is 20.3 Å². The number of imidazole rings is 1. The molecule has 3 rings (SSSR count). The molecule has 2 aromatic heterocycles. The number of rotatable bonds is 4. The van der Waals surface area contributed by atoms with Gasteiger partial charge < -0.3 is 14.9 Å². The molecule has 0 atom stereocenters. The largest absolute Gasteiger partial charge is 0.325 e. The zero-order valence-electron chi connectivity index (χ0n) is 13.0. The second kappa shape index (κ2) is 6.66. The molecule has 1 amide bonds. The highest BCUT2D eigenvalue weighted by Gasteiger charge is 2.14. The first kappa shape index (κ1) is 16.5. The fraction of sp³-hybridized carbons (Fsp3) is 0.200. The van der Waals surface area contributed by atoms with Gasteiger partial charge in [-0.3, -0.25) is 9.59 Å². The SMILES string of the molecule is Cc1c(Cl)cccc1NC(=O)CSc1nc2c(=O)[nH]cnc2n1C. The highest BCUT2D eigenvalue weighted by atomic mass is 35.5. The summed E-state index contributed by atoms with van der Waals surface area (Å²) in [5, 5.41) is 3.97. The van der Waals surface area contributed by atoms with E-state index >= 15 is 0 Å². The number of fused-ring (bicyclic) bond motifs is 1. The molecule has 7 nitrogen and oxygen atoms in total. The van der Waals surface area contributed by atoms with Crippen molar-refractivity contribution < 1.29 is 4.79 Å². The van der Waals surface area contributed by atoms with Crippen molar-refractivity contribution in [3.63, 3.8) is 0 Å². The Morgan fingerprint density at radius 2 is 2.25 bits per heavy atom. The molecule has 9 heteroatoms. The quantitative estimate of drug-likeness (QED) is 0.694. The van der Waals surface area contributed by atoms with E-state index in [1.54, 1.807) is 29.8 Å². The molecule has 2 N–H and O–H groups in total. The fourth-order valence-corrected chi connectivity index (χ4v) is 3.12. The molecule has 0 spiro atoms.